The first-order valence-corrected chi connectivity index (χ1v) is 5.84. The minimum atomic E-state index is -0.361. The van der Waals surface area contributed by atoms with E-state index in [9.17, 15) is 10.1 Å². The predicted octanol–water partition coefficient (Wildman–Crippen LogP) is 2.10. The maximum Gasteiger partial charge on any atom is 0.271 e. The molecule has 0 atom stereocenters. The summed E-state index contributed by atoms with van der Waals surface area (Å²) in [5.41, 5.74) is 0.983. The second kappa shape index (κ2) is 5.14. The van der Waals surface area contributed by atoms with E-state index in [0.717, 1.165) is 31.6 Å². The molecule has 0 saturated carbocycles. The number of likely N-dealkylation sites (tertiary alicyclic amines) is 1. The van der Waals surface area contributed by atoms with Crippen LogP contribution in [0.15, 0.2) is 24.3 Å². The third kappa shape index (κ3) is 3.17. The van der Waals surface area contributed by atoms with Crippen molar-refractivity contribution in [3.8, 4) is 0 Å². The first-order chi connectivity index (χ1) is 8.15. The van der Waals surface area contributed by atoms with Crippen LogP contribution in [-0.2, 0) is 0 Å². The van der Waals surface area contributed by atoms with E-state index in [4.69, 9.17) is 0 Å². The van der Waals surface area contributed by atoms with Gasteiger partial charge in [0.1, 0.15) is 0 Å². The Labute approximate surface area is 101 Å². The zero-order valence-corrected chi connectivity index (χ0v) is 9.93. The Balaban J connectivity index is 1.98. The van der Waals surface area contributed by atoms with Gasteiger partial charge in [-0.05, 0) is 39.0 Å². The molecule has 1 aliphatic heterocycles. The van der Waals surface area contributed by atoms with E-state index in [0.29, 0.717) is 6.04 Å². The molecule has 1 fully saturated rings. The molecule has 5 nitrogen and oxygen atoms in total. The van der Waals surface area contributed by atoms with Crippen LogP contribution >= 0.6 is 0 Å². The highest BCUT2D eigenvalue weighted by molar-refractivity contribution is 5.51. The number of nitro groups is 1. The smallest absolute Gasteiger partial charge is 0.271 e. The Hall–Kier alpha value is -1.62. The van der Waals surface area contributed by atoms with Crippen molar-refractivity contribution in [3.63, 3.8) is 0 Å². The number of hydrogen-bond donors (Lipinski definition) is 1. The Morgan fingerprint density at radius 3 is 2.76 bits per heavy atom. The molecular formula is C12H17N3O2. The first kappa shape index (κ1) is 11.9. The van der Waals surface area contributed by atoms with Gasteiger partial charge in [0.2, 0.25) is 0 Å². The average molecular weight is 235 g/mol. The fraction of sp³-hybridized carbons (Fsp3) is 0.500. The van der Waals surface area contributed by atoms with E-state index in [1.54, 1.807) is 12.1 Å². The number of nitro benzene ring substituents is 1. The number of anilines is 1. The molecular weight excluding hydrogens is 218 g/mol. The molecule has 0 radical (unpaired) electrons. The van der Waals surface area contributed by atoms with Gasteiger partial charge >= 0.3 is 0 Å². The molecule has 2 rings (SSSR count). The molecule has 0 unspecified atom stereocenters. The number of piperidine rings is 1. The molecule has 1 heterocycles. The lowest BCUT2D eigenvalue weighted by molar-refractivity contribution is -0.384. The molecule has 1 saturated heterocycles. The minimum absolute atomic E-state index is 0.142. The van der Waals surface area contributed by atoms with Crippen molar-refractivity contribution in [1.29, 1.82) is 0 Å². The van der Waals surface area contributed by atoms with Crippen LogP contribution in [0.5, 0.6) is 0 Å². The number of nitrogens with zero attached hydrogens (tertiary/aromatic N) is 2. The summed E-state index contributed by atoms with van der Waals surface area (Å²) in [4.78, 5) is 12.6. The summed E-state index contributed by atoms with van der Waals surface area (Å²) in [7, 11) is 2.11. The van der Waals surface area contributed by atoms with Gasteiger partial charge in [0, 0.05) is 23.9 Å². The highest BCUT2D eigenvalue weighted by atomic mass is 16.6. The van der Waals surface area contributed by atoms with Gasteiger partial charge in [0.15, 0.2) is 0 Å². The Morgan fingerprint density at radius 1 is 1.41 bits per heavy atom. The highest BCUT2D eigenvalue weighted by Gasteiger charge is 2.16. The van der Waals surface area contributed by atoms with Gasteiger partial charge < -0.3 is 10.2 Å². The molecule has 1 aliphatic rings. The standard InChI is InChI=1S/C12H17N3O2/c1-14-7-5-10(6-8-14)13-11-3-2-4-12(9-11)15(16)17/h2-4,9-10,13H,5-8H2,1H3. The van der Waals surface area contributed by atoms with Crippen molar-refractivity contribution in [2.75, 3.05) is 25.5 Å². The third-order valence-electron chi connectivity index (χ3n) is 3.15. The molecule has 92 valence electrons. The van der Waals surface area contributed by atoms with Crippen LogP contribution in [0.25, 0.3) is 0 Å². The molecule has 5 heteroatoms. The van der Waals surface area contributed by atoms with Crippen molar-refractivity contribution in [1.82, 2.24) is 4.90 Å². The highest BCUT2D eigenvalue weighted by Crippen LogP contribution is 2.20. The predicted molar refractivity (Wildman–Crippen MR) is 67.2 cm³/mol. The molecule has 1 aromatic carbocycles. The second-order valence-corrected chi connectivity index (χ2v) is 4.53. The summed E-state index contributed by atoms with van der Waals surface area (Å²) in [6.45, 7) is 2.15. The molecule has 1 aromatic rings. The van der Waals surface area contributed by atoms with Crippen molar-refractivity contribution < 1.29 is 4.92 Å². The van der Waals surface area contributed by atoms with Crippen LogP contribution in [0.1, 0.15) is 12.8 Å². The van der Waals surface area contributed by atoms with Crippen molar-refractivity contribution in [2.45, 2.75) is 18.9 Å². The Kier molecular flexibility index (Phi) is 3.58. The molecule has 0 bridgehead atoms. The normalized spacial score (nSPS) is 17.9. The van der Waals surface area contributed by atoms with E-state index in [1.807, 2.05) is 6.07 Å². The van der Waals surface area contributed by atoms with E-state index < -0.39 is 0 Å². The minimum Gasteiger partial charge on any atom is -0.382 e. The summed E-state index contributed by atoms with van der Waals surface area (Å²) in [6.07, 6.45) is 2.17. The van der Waals surface area contributed by atoms with E-state index in [-0.39, 0.29) is 10.6 Å². The van der Waals surface area contributed by atoms with Gasteiger partial charge in [0.25, 0.3) is 5.69 Å². The fourth-order valence-electron chi connectivity index (χ4n) is 2.10. The molecule has 0 aliphatic carbocycles. The molecule has 0 spiro atoms. The summed E-state index contributed by atoms with van der Waals surface area (Å²) in [6, 6.07) is 7.13. The van der Waals surface area contributed by atoms with Gasteiger partial charge in [-0.3, -0.25) is 10.1 Å². The molecule has 0 aromatic heterocycles. The molecule has 1 N–H and O–H groups in total. The summed E-state index contributed by atoms with van der Waals surface area (Å²) < 4.78 is 0. The zero-order chi connectivity index (χ0) is 12.3. The van der Waals surface area contributed by atoms with Gasteiger partial charge in [-0.1, -0.05) is 6.07 Å². The SMILES string of the molecule is CN1CCC(Nc2cccc([N+](=O)[O-])c2)CC1. The number of benzene rings is 1. The van der Waals surface area contributed by atoms with Crippen molar-refractivity contribution in [2.24, 2.45) is 0 Å². The second-order valence-electron chi connectivity index (χ2n) is 4.53. The largest absolute Gasteiger partial charge is 0.382 e. The summed E-state index contributed by atoms with van der Waals surface area (Å²) in [5.74, 6) is 0. The van der Waals surface area contributed by atoms with Gasteiger partial charge in [-0.15, -0.1) is 0 Å². The van der Waals surface area contributed by atoms with Crippen LogP contribution in [0.3, 0.4) is 0 Å². The first-order valence-electron chi connectivity index (χ1n) is 5.84. The van der Waals surface area contributed by atoms with Crippen LogP contribution in [-0.4, -0.2) is 36.0 Å². The number of nitrogens with one attached hydrogen (secondary N) is 1. The van der Waals surface area contributed by atoms with Crippen molar-refractivity contribution in [3.05, 3.63) is 34.4 Å². The lowest BCUT2D eigenvalue weighted by atomic mass is 10.1. The van der Waals surface area contributed by atoms with Gasteiger partial charge in [0.05, 0.1) is 4.92 Å². The molecule has 17 heavy (non-hydrogen) atoms. The monoisotopic (exact) mass is 235 g/mol. The molecule has 0 amide bonds. The average Bonchev–Trinajstić information content (AvgIpc) is 2.32. The number of hydrogen-bond acceptors (Lipinski definition) is 4. The van der Waals surface area contributed by atoms with Crippen LogP contribution in [0.2, 0.25) is 0 Å². The lowest BCUT2D eigenvalue weighted by Crippen LogP contribution is -2.36. The van der Waals surface area contributed by atoms with Crippen LogP contribution in [0.4, 0.5) is 11.4 Å². The van der Waals surface area contributed by atoms with Crippen molar-refractivity contribution >= 4 is 11.4 Å². The van der Waals surface area contributed by atoms with E-state index in [1.165, 1.54) is 6.07 Å². The van der Waals surface area contributed by atoms with E-state index in [2.05, 4.69) is 17.3 Å². The van der Waals surface area contributed by atoms with Crippen LogP contribution < -0.4 is 5.32 Å². The van der Waals surface area contributed by atoms with Gasteiger partial charge in [-0.25, -0.2) is 0 Å². The zero-order valence-electron chi connectivity index (χ0n) is 9.93. The van der Waals surface area contributed by atoms with Crippen LogP contribution in [0, 0.1) is 10.1 Å². The summed E-state index contributed by atoms with van der Waals surface area (Å²) >= 11 is 0. The Morgan fingerprint density at radius 2 is 2.12 bits per heavy atom. The van der Waals surface area contributed by atoms with E-state index >= 15 is 0 Å². The third-order valence-corrected chi connectivity index (χ3v) is 3.15. The fourth-order valence-corrected chi connectivity index (χ4v) is 2.10. The topological polar surface area (TPSA) is 58.4 Å². The maximum atomic E-state index is 10.7. The quantitative estimate of drug-likeness (QED) is 0.644. The summed E-state index contributed by atoms with van der Waals surface area (Å²) in [5, 5.41) is 14.0. The van der Waals surface area contributed by atoms with Gasteiger partial charge in [-0.2, -0.15) is 0 Å². The Bertz CT molecular complexity index is 400. The maximum absolute atomic E-state index is 10.7. The number of rotatable bonds is 3. The number of non-ortho nitro benzene ring substituents is 1. The lowest BCUT2D eigenvalue weighted by Gasteiger charge is -2.30.